The summed E-state index contributed by atoms with van der Waals surface area (Å²) in [5.74, 6) is 0. The lowest BCUT2D eigenvalue weighted by molar-refractivity contribution is 0.412. The Bertz CT molecular complexity index is 814. The molecule has 2 heterocycles. The van der Waals surface area contributed by atoms with E-state index < -0.39 is 0 Å². The first-order chi connectivity index (χ1) is 10.3. The van der Waals surface area contributed by atoms with E-state index in [1.807, 2.05) is 11.4 Å². The fraction of sp³-hybridized carbons (Fsp3) is 0.0625. The Balaban J connectivity index is 1.72. The number of hydrogen-bond donors (Lipinski definition) is 1. The van der Waals surface area contributed by atoms with Crippen molar-refractivity contribution in [2.45, 2.75) is 9.79 Å². The monoisotopic (exact) mass is 312 g/mol. The van der Waals surface area contributed by atoms with Gasteiger partial charge in [-0.05, 0) is 24.3 Å². The molecule has 1 aliphatic heterocycles. The minimum atomic E-state index is 0.690. The smallest absolute Gasteiger partial charge is 0.273 e. The number of fused-ring (bicyclic) bond motifs is 2. The van der Waals surface area contributed by atoms with E-state index in [2.05, 4.69) is 46.7 Å². The van der Waals surface area contributed by atoms with E-state index in [-0.39, 0.29) is 0 Å². The van der Waals surface area contributed by atoms with Crippen LogP contribution >= 0.6 is 23.1 Å². The number of nitrogens with zero attached hydrogens (tertiary/aromatic N) is 1. The van der Waals surface area contributed by atoms with Gasteiger partial charge in [-0.2, -0.15) is 0 Å². The van der Waals surface area contributed by atoms with Gasteiger partial charge in [-0.25, -0.2) is 4.98 Å². The number of nitrogens with one attached hydrogen (secondary N) is 1. The molecule has 0 saturated carbocycles. The first-order valence-corrected chi connectivity index (χ1v) is 8.21. The molecule has 0 bridgehead atoms. The van der Waals surface area contributed by atoms with E-state index in [9.17, 15) is 0 Å². The predicted molar refractivity (Wildman–Crippen MR) is 87.9 cm³/mol. The van der Waals surface area contributed by atoms with Crippen LogP contribution in [-0.4, -0.2) is 12.1 Å². The lowest BCUT2D eigenvalue weighted by Gasteiger charge is -2.21. The molecule has 0 unspecified atom stereocenters. The van der Waals surface area contributed by atoms with Crippen LogP contribution in [0, 0.1) is 0 Å². The third-order valence-corrected chi connectivity index (χ3v) is 5.26. The highest BCUT2D eigenvalue weighted by Gasteiger charge is 2.16. The largest absolute Gasteiger partial charge is 0.473 e. The first-order valence-electron chi connectivity index (χ1n) is 6.51. The summed E-state index contributed by atoms with van der Waals surface area (Å²) in [5.41, 5.74) is 4.33. The predicted octanol–water partition coefficient (Wildman–Crippen LogP) is 5.03. The Morgan fingerprint density at radius 3 is 2.76 bits per heavy atom. The van der Waals surface area contributed by atoms with E-state index in [0.717, 1.165) is 22.6 Å². The van der Waals surface area contributed by atoms with Gasteiger partial charge in [0.2, 0.25) is 0 Å². The van der Waals surface area contributed by atoms with Crippen molar-refractivity contribution in [3.63, 3.8) is 0 Å². The average molecular weight is 312 g/mol. The normalized spacial score (nSPS) is 12.2. The number of methoxy groups -OCH3 is 1. The van der Waals surface area contributed by atoms with Gasteiger partial charge >= 0.3 is 0 Å². The molecule has 1 aliphatic rings. The maximum absolute atomic E-state index is 5.16. The summed E-state index contributed by atoms with van der Waals surface area (Å²) < 4.78 is 5.16. The van der Waals surface area contributed by atoms with Gasteiger partial charge in [0.15, 0.2) is 0 Å². The zero-order chi connectivity index (χ0) is 14.2. The average Bonchev–Trinajstić information content (AvgIpc) is 3.01. The standard InChI is InChI=1S/C16H12N2OS2/c1-19-16-18-13(9-20-16)10-6-7-15-12(8-10)17-11-4-2-3-5-14(11)21-15/h2-9,17H,1H3. The molecule has 0 aliphatic carbocycles. The van der Waals surface area contributed by atoms with E-state index in [4.69, 9.17) is 4.74 Å². The minimum Gasteiger partial charge on any atom is -0.473 e. The number of ether oxygens (including phenoxy) is 1. The number of thiazole rings is 1. The highest BCUT2D eigenvalue weighted by Crippen LogP contribution is 2.45. The Morgan fingerprint density at radius 2 is 1.90 bits per heavy atom. The molecule has 0 atom stereocenters. The molecule has 4 rings (SSSR count). The molecule has 5 heteroatoms. The van der Waals surface area contributed by atoms with Crippen LogP contribution in [-0.2, 0) is 0 Å². The van der Waals surface area contributed by atoms with Crippen LogP contribution in [0.25, 0.3) is 11.3 Å². The zero-order valence-electron chi connectivity index (χ0n) is 11.3. The molecule has 0 saturated heterocycles. The summed E-state index contributed by atoms with van der Waals surface area (Å²) >= 11 is 3.30. The number of benzene rings is 2. The molecule has 0 amide bonds. The Kier molecular flexibility index (Phi) is 3.09. The summed E-state index contributed by atoms with van der Waals surface area (Å²) in [4.78, 5) is 6.95. The number of aromatic nitrogens is 1. The van der Waals surface area contributed by atoms with Crippen LogP contribution in [0.4, 0.5) is 11.4 Å². The molecule has 21 heavy (non-hydrogen) atoms. The fourth-order valence-corrected chi connectivity index (χ4v) is 3.90. The molecule has 1 aromatic heterocycles. The SMILES string of the molecule is COc1nc(-c2ccc3c(c2)Nc2ccccc2S3)cs1. The second-order valence-corrected chi connectivity index (χ2v) is 6.54. The van der Waals surface area contributed by atoms with Crippen molar-refractivity contribution in [1.82, 2.24) is 4.98 Å². The van der Waals surface area contributed by atoms with Crippen molar-refractivity contribution < 1.29 is 4.74 Å². The number of rotatable bonds is 2. The minimum absolute atomic E-state index is 0.690. The van der Waals surface area contributed by atoms with Gasteiger partial charge < -0.3 is 10.1 Å². The van der Waals surface area contributed by atoms with Crippen LogP contribution in [0.1, 0.15) is 0 Å². The molecular formula is C16H12N2OS2. The first kappa shape index (κ1) is 12.7. The summed E-state index contributed by atoms with van der Waals surface area (Å²) in [6.07, 6.45) is 0. The lowest BCUT2D eigenvalue weighted by atomic mass is 10.1. The van der Waals surface area contributed by atoms with Gasteiger partial charge in [-0.3, -0.25) is 0 Å². The van der Waals surface area contributed by atoms with Crippen molar-refractivity contribution in [2.75, 3.05) is 12.4 Å². The van der Waals surface area contributed by atoms with Crippen molar-refractivity contribution in [3.05, 3.63) is 47.8 Å². The third kappa shape index (κ3) is 2.28. The van der Waals surface area contributed by atoms with Gasteiger partial charge in [-0.15, -0.1) is 0 Å². The second-order valence-electron chi connectivity index (χ2n) is 4.64. The number of hydrogen-bond acceptors (Lipinski definition) is 5. The van der Waals surface area contributed by atoms with E-state index in [0.29, 0.717) is 5.19 Å². The van der Waals surface area contributed by atoms with Gasteiger partial charge in [0.25, 0.3) is 5.19 Å². The fourth-order valence-electron chi connectivity index (χ4n) is 2.28. The molecule has 0 radical (unpaired) electrons. The highest BCUT2D eigenvalue weighted by molar-refractivity contribution is 7.99. The van der Waals surface area contributed by atoms with Gasteiger partial charge in [0.05, 0.1) is 24.2 Å². The third-order valence-electron chi connectivity index (χ3n) is 3.31. The Hall–Kier alpha value is -1.98. The molecule has 0 spiro atoms. The van der Waals surface area contributed by atoms with Gasteiger partial charge in [0.1, 0.15) is 0 Å². The summed E-state index contributed by atoms with van der Waals surface area (Å²) in [5, 5.41) is 6.20. The highest BCUT2D eigenvalue weighted by atomic mass is 32.2. The molecule has 0 fully saturated rings. The van der Waals surface area contributed by atoms with Gasteiger partial charge in [0, 0.05) is 20.7 Å². The number of anilines is 2. The molecular weight excluding hydrogens is 300 g/mol. The lowest BCUT2D eigenvalue weighted by Crippen LogP contribution is -1.99. The van der Waals surface area contributed by atoms with E-state index >= 15 is 0 Å². The van der Waals surface area contributed by atoms with Crippen molar-refractivity contribution in [1.29, 1.82) is 0 Å². The molecule has 2 aromatic carbocycles. The van der Waals surface area contributed by atoms with Crippen LogP contribution in [0.2, 0.25) is 0 Å². The topological polar surface area (TPSA) is 34.1 Å². The Labute approximate surface area is 131 Å². The van der Waals surface area contributed by atoms with Crippen LogP contribution in [0.3, 0.4) is 0 Å². The quantitative estimate of drug-likeness (QED) is 0.563. The van der Waals surface area contributed by atoms with Crippen molar-refractivity contribution in [2.24, 2.45) is 0 Å². The maximum atomic E-state index is 5.16. The second kappa shape index (κ2) is 5.09. The zero-order valence-corrected chi connectivity index (χ0v) is 12.9. The number of para-hydroxylation sites is 1. The van der Waals surface area contributed by atoms with E-state index in [1.54, 1.807) is 18.9 Å². The van der Waals surface area contributed by atoms with Crippen molar-refractivity contribution >= 4 is 34.5 Å². The summed E-state index contributed by atoms with van der Waals surface area (Å²) in [7, 11) is 1.64. The van der Waals surface area contributed by atoms with Crippen LogP contribution in [0.15, 0.2) is 57.6 Å². The van der Waals surface area contributed by atoms with Gasteiger partial charge in [-0.1, -0.05) is 41.3 Å². The Morgan fingerprint density at radius 1 is 1.05 bits per heavy atom. The van der Waals surface area contributed by atoms with Crippen LogP contribution in [0.5, 0.6) is 5.19 Å². The van der Waals surface area contributed by atoms with Crippen molar-refractivity contribution in [3.8, 4) is 16.5 Å². The molecule has 3 nitrogen and oxygen atoms in total. The summed E-state index contributed by atoms with van der Waals surface area (Å²) in [6.45, 7) is 0. The molecule has 1 N–H and O–H groups in total. The molecule has 3 aromatic rings. The summed E-state index contributed by atoms with van der Waals surface area (Å²) in [6, 6.07) is 14.7. The molecule has 104 valence electrons. The van der Waals surface area contributed by atoms with Crippen LogP contribution < -0.4 is 10.1 Å². The maximum Gasteiger partial charge on any atom is 0.273 e. The van der Waals surface area contributed by atoms with E-state index in [1.165, 1.54) is 21.1 Å².